The normalized spacial score (nSPS) is 23.2. The van der Waals surface area contributed by atoms with Crippen LogP contribution in [0.15, 0.2) is 42.5 Å². The van der Waals surface area contributed by atoms with Gasteiger partial charge in [0.25, 0.3) is 5.69 Å². The minimum Gasteiger partial charge on any atom is -0.494 e. The highest BCUT2D eigenvalue weighted by Crippen LogP contribution is 2.39. The van der Waals surface area contributed by atoms with Gasteiger partial charge in [-0.1, -0.05) is 24.3 Å². The van der Waals surface area contributed by atoms with Crippen LogP contribution in [0.5, 0.6) is 5.75 Å². The van der Waals surface area contributed by atoms with Gasteiger partial charge in [0, 0.05) is 12.0 Å². The number of rotatable bonds is 4. The highest BCUT2D eigenvalue weighted by molar-refractivity contribution is 5.96. The Labute approximate surface area is 156 Å². The Balaban J connectivity index is 1.53. The van der Waals surface area contributed by atoms with E-state index >= 15 is 0 Å². The first-order chi connectivity index (χ1) is 13.1. The van der Waals surface area contributed by atoms with Crippen molar-refractivity contribution in [1.29, 1.82) is 0 Å². The van der Waals surface area contributed by atoms with Crippen LogP contribution in [0.4, 0.5) is 11.4 Å². The largest absolute Gasteiger partial charge is 0.494 e. The summed E-state index contributed by atoms with van der Waals surface area (Å²) in [5.41, 5.74) is 9.23. The lowest BCUT2D eigenvalue weighted by Crippen LogP contribution is -2.42. The summed E-state index contributed by atoms with van der Waals surface area (Å²) in [6, 6.07) is 12.1. The maximum absolute atomic E-state index is 12.9. The van der Waals surface area contributed by atoms with E-state index in [0.29, 0.717) is 5.69 Å². The molecular formula is C19H20N4O4. The summed E-state index contributed by atoms with van der Waals surface area (Å²) in [5.74, 6) is 0.194. The number of hydrazine groups is 1. The lowest BCUT2D eigenvalue weighted by Gasteiger charge is -2.29. The van der Waals surface area contributed by atoms with Crippen LogP contribution in [-0.4, -0.2) is 24.0 Å². The zero-order valence-electron chi connectivity index (χ0n) is 14.8. The van der Waals surface area contributed by atoms with Crippen molar-refractivity contribution in [2.75, 3.05) is 12.4 Å². The molecule has 8 nitrogen and oxygen atoms in total. The summed E-state index contributed by atoms with van der Waals surface area (Å²) in [7, 11) is 1.41. The van der Waals surface area contributed by atoms with Crippen LogP contribution in [0, 0.1) is 16.0 Å². The van der Waals surface area contributed by atoms with Crippen molar-refractivity contribution in [2.24, 2.45) is 5.92 Å². The number of nitro benzene ring substituents is 1. The minimum absolute atomic E-state index is 0.0875. The standard InChI is InChI=1S/C19H20N4O4/c1-27-16-10-12(23(25)26)7-9-15(16)20-19(24)18-14-8-6-11-4-2-3-5-13(11)17(14)21-22-18/h2-5,7,9-10,14,17-18,21-22H,6,8H2,1H3,(H,20,24). The monoisotopic (exact) mass is 368 g/mol. The van der Waals surface area contributed by atoms with Gasteiger partial charge >= 0.3 is 0 Å². The third-order valence-corrected chi connectivity index (χ3v) is 5.32. The van der Waals surface area contributed by atoms with Gasteiger partial charge in [0.15, 0.2) is 0 Å². The molecule has 0 radical (unpaired) electrons. The van der Waals surface area contributed by atoms with Gasteiger partial charge in [-0.25, -0.2) is 10.9 Å². The molecule has 1 saturated heterocycles. The van der Waals surface area contributed by atoms with Crippen molar-refractivity contribution in [2.45, 2.75) is 24.9 Å². The molecule has 2 aliphatic rings. The van der Waals surface area contributed by atoms with Crippen LogP contribution in [-0.2, 0) is 11.2 Å². The van der Waals surface area contributed by atoms with Gasteiger partial charge in [-0.15, -0.1) is 0 Å². The summed E-state index contributed by atoms with van der Waals surface area (Å²) in [4.78, 5) is 23.3. The number of ether oxygens (including phenoxy) is 1. The molecular weight excluding hydrogens is 348 g/mol. The number of non-ortho nitro benzene ring substituents is 1. The van der Waals surface area contributed by atoms with Gasteiger partial charge in [-0.2, -0.15) is 0 Å². The lowest BCUT2D eigenvalue weighted by molar-refractivity contribution is -0.384. The molecule has 1 aliphatic heterocycles. The molecule has 1 heterocycles. The number of benzene rings is 2. The highest BCUT2D eigenvalue weighted by Gasteiger charge is 2.43. The first kappa shape index (κ1) is 17.4. The van der Waals surface area contributed by atoms with Crippen LogP contribution in [0.25, 0.3) is 0 Å². The number of amides is 1. The average molecular weight is 368 g/mol. The highest BCUT2D eigenvalue weighted by atomic mass is 16.6. The lowest BCUT2D eigenvalue weighted by atomic mass is 9.77. The SMILES string of the molecule is COc1cc([N+](=O)[O-])ccc1NC(=O)C1NNC2c3ccccc3CCC12. The molecule has 0 saturated carbocycles. The van der Waals surface area contributed by atoms with Crippen molar-refractivity contribution in [3.63, 3.8) is 0 Å². The Bertz CT molecular complexity index is 901. The maximum atomic E-state index is 12.9. The van der Waals surface area contributed by atoms with E-state index in [9.17, 15) is 14.9 Å². The summed E-state index contributed by atoms with van der Waals surface area (Å²) < 4.78 is 5.20. The molecule has 27 heavy (non-hydrogen) atoms. The van der Waals surface area contributed by atoms with Gasteiger partial charge in [0.1, 0.15) is 11.8 Å². The molecule has 3 atom stereocenters. The molecule has 3 unspecified atom stereocenters. The number of hydrogen-bond acceptors (Lipinski definition) is 6. The Morgan fingerprint density at radius 3 is 2.85 bits per heavy atom. The predicted octanol–water partition coefficient (Wildman–Crippen LogP) is 2.32. The van der Waals surface area contributed by atoms with Crippen LogP contribution < -0.4 is 20.9 Å². The third-order valence-electron chi connectivity index (χ3n) is 5.32. The minimum atomic E-state index is -0.499. The summed E-state index contributed by atoms with van der Waals surface area (Å²) >= 11 is 0. The van der Waals surface area contributed by atoms with Crippen molar-refractivity contribution < 1.29 is 14.5 Å². The van der Waals surface area contributed by atoms with E-state index in [4.69, 9.17) is 4.74 Å². The number of methoxy groups -OCH3 is 1. The number of carbonyl (C=O) groups excluding carboxylic acids is 1. The third kappa shape index (κ3) is 3.13. The van der Waals surface area contributed by atoms with E-state index in [2.05, 4.69) is 28.3 Å². The zero-order valence-corrected chi connectivity index (χ0v) is 14.8. The van der Waals surface area contributed by atoms with E-state index in [0.717, 1.165) is 12.8 Å². The van der Waals surface area contributed by atoms with E-state index in [-0.39, 0.29) is 29.3 Å². The fourth-order valence-electron chi connectivity index (χ4n) is 3.98. The molecule has 2 aromatic rings. The Morgan fingerprint density at radius 1 is 1.26 bits per heavy atom. The molecule has 1 amide bonds. The fourth-order valence-corrected chi connectivity index (χ4v) is 3.98. The molecule has 8 heteroatoms. The molecule has 4 rings (SSSR count). The quantitative estimate of drug-likeness (QED) is 0.565. The molecule has 3 N–H and O–H groups in total. The summed E-state index contributed by atoms with van der Waals surface area (Å²) in [5, 5.41) is 13.8. The molecule has 2 aromatic carbocycles. The number of carbonyl (C=O) groups is 1. The van der Waals surface area contributed by atoms with Crippen LogP contribution in [0.3, 0.4) is 0 Å². The topological polar surface area (TPSA) is 106 Å². The zero-order chi connectivity index (χ0) is 19.0. The number of anilines is 1. The van der Waals surface area contributed by atoms with Gasteiger partial charge in [0.2, 0.25) is 5.91 Å². The average Bonchev–Trinajstić information content (AvgIpc) is 3.12. The summed E-state index contributed by atoms with van der Waals surface area (Å²) in [6.07, 6.45) is 1.84. The maximum Gasteiger partial charge on any atom is 0.273 e. The smallest absolute Gasteiger partial charge is 0.273 e. The molecule has 1 aliphatic carbocycles. The fraction of sp³-hybridized carbons (Fsp3) is 0.316. The van der Waals surface area contributed by atoms with Crippen molar-refractivity contribution >= 4 is 17.3 Å². The van der Waals surface area contributed by atoms with Gasteiger partial charge < -0.3 is 10.1 Å². The molecule has 0 bridgehead atoms. The van der Waals surface area contributed by atoms with Crippen LogP contribution in [0.2, 0.25) is 0 Å². The van der Waals surface area contributed by atoms with E-state index < -0.39 is 11.0 Å². The second-order valence-electron chi connectivity index (χ2n) is 6.78. The first-order valence-electron chi connectivity index (χ1n) is 8.80. The molecule has 1 fully saturated rings. The van der Waals surface area contributed by atoms with Crippen LogP contribution in [0.1, 0.15) is 23.6 Å². The Kier molecular flexibility index (Phi) is 4.51. The molecule has 0 spiro atoms. The Hall–Kier alpha value is -2.97. The van der Waals surface area contributed by atoms with E-state index in [1.54, 1.807) is 0 Å². The Morgan fingerprint density at radius 2 is 2.07 bits per heavy atom. The number of hydrogen-bond donors (Lipinski definition) is 3. The second-order valence-corrected chi connectivity index (χ2v) is 6.78. The number of nitro groups is 1. The van der Waals surface area contributed by atoms with Gasteiger partial charge in [-0.3, -0.25) is 14.9 Å². The van der Waals surface area contributed by atoms with Crippen molar-refractivity contribution in [1.82, 2.24) is 10.9 Å². The number of nitrogens with one attached hydrogen (secondary N) is 3. The van der Waals surface area contributed by atoms with Gasteiger partial charge in [0.05, 0.1) is 29.8 Å². The first-order valence-corrected chi connectivity index (χ1v) is 8.80. The summed E-state index contributed by atoms with van der Waals surface area (Å²) in [6.45, 7) is 0. The predicted molar refractivity (Wildman–Crippen MR) is 99.3 cm³/mol. The molecule has 0 aromatic heterocycles. The second kappa shape index (κ2) is 6.98. The number of nitrogens with zero attached hydrogens (tertiary/aromatic N) is 1. The molecule has 140 valence electrons. The van der Waals surface area contributed by atoms with Crippen molar-refractivity contribution in [3.05, 3.63) is 63.7 Å². The van der Waals surface area contributed by atoms with E-state index in [1.807, 2.05) is 12.1 Å². The van der Waals surface area contributed by atoms with Crippen molar-refractivity contribution in [3.8, 4) is 5.75 Å². The van der Waals surface area contributed by atoms with Crippen LogP contribution >= 0.6 is 0 Å². The number of fused-ring (bicyclic) bond motifs is 3. The number of aryl methyl sites for hydroxylation is 1. The van der Waals surface area contributed by atoms with E-state index in [1.165, 1.54) is 36.4 Å². The van der Waals surface area contributed by atoms with Gasteiger partial charge in [-0.05, 0) is 30.0 Å².